The Balaban J connectivity index is 0. The summed E-state index contributed by atoms with van der Waals surface area (Å²) in [6.07, 6.45) is 0. The largest absolute Gasteiger partial charge is 4.00 e. The average Bonchev–Trinajstić information content (AvgIpc) is 2.76. The maximum Gasteiger partial charge on any atom is 4.00 e. The second-order valence-electron chi connectivity index (χ2n) is 7.72. The van der Waals surface area contributed by atoms with Crippen molar-refractivity contribution in [2.45, 2.75) is 54.0 Å². The molecule has 0 nitrogen and oxygen atoms in total. The quantitative estimate of drug-likeness (QED) is 0.254. The Hall–Kier alpha value is -0.409. The van der Waals surface area contributed by atoms with Crippen LogP contribution in [-0.2, 0) is 21.7 Å². The summed E-state index contributed by atoms with van der Waals surface area (Å²) in [4.78, 5) is 0. The van der Waals surface area contributed by atoms with Crippen LogP contribution in [0.1, 0.15) is 55.6 Å². The Morgan fingerprint density at radius 3 is 1.63 bits per heavy atom. The van der Waals surface area contributed by atoms with Crippen LogP contribution in [0.25, 0.3) is 0 Å². The molecule has 0 fully saturated rings. The first-order chi connectivity index (χ1) is 12.3. The zero-order valence-corrected chi connectivity index (χ0v) is 23.6. The maximum atomic E-state index is 2.37. The second-order valence-corrected chi connectivity index (χ2v) is 9.17. The van der Waals surface area contributed by atoms with E-state index in [1.807, 2.05) is 0 Å². The summed E-state index contributed by atoms with van der Waals surface area (Å²) in [6, 6.07) is 15.9. The topological polar surface area (TPSA) is 0 Å². The van der Waals surface area contributed by atoms with Gasteiger partial charge >= 0.3 is 21.7 Å². The van der Waals surface area contributed by atoms with Crippen molar-refractivity contribution >= 4 is 14.7 Å². The Kier molecular flexibility index (Phi) is 14.0. The molecule has 0 amide bonds. The van der Waals surface area contributed by atoms with Crippen LogP contribution in [0.5, 0.6) is 0 Å². The molecule has 0 aromatic heterocycles. The van der Waals surface area contributed by atoms with Gasteiger partial charge in [-0.3, -0.25) is 0 Å². The van der Waals surface area contributed by atoms with Crippen molar-refractivity contribution in [1.82, 2.24) is 0 Å². The van der Waals surface area contributed by atoms with E-state index >= 15 is 0 Å². The van der Waals surface area contributed by atoms with E-state index in [0.29, 0.717) is 5.54 Å². The SMILES string of the molecule is Cc1cc(C)cc([Si]C(c2ccccc2C)[c-]2c(C)c(C)c(C)c2C)c1.[Cl-].[Cl-].[Cl-].[Ti+4]. The number of hydrogen-bond donors (Lipinski definition) is 0. The molecule has 0 aliphatic heterocycles. The van der Waals surface area contributed by atoms with E-state index in [1.165, 1.54) is 49.7 Å². The van der Waals surface area contributed by atoms with Crippen LogP contribution in [-0.4, -0.2) is 9.52 Å². The molecule has 158 valence electrons. The average molecular weight is 512 g/mol. The molecule has 1 unspecified atom stereocenters. The first-order valence-corrected chi connectivity index (χ1v) is 10.5. The second kappa shape index (κ2) is 13.2. The minimum Gasteiger partial charge on any atom is -1.00 e. The van der Waals surface area contributed by atoms with E-state index in [4.69, 9.17) is 0 Å². The van der Waals surface area contributed by atoms with Crippen molar-refractivity contribution in [3.8, 4) is 0 Å². The molecule has 0 N–H and O–H groups in total. The fourth-order valence-corrected chi connectivity index (χ4v) is 6.13. The molecule has 30 heavy (non-hydrogen) atoms. The third-order valence-electron chi connectivity index (χ3n) is 5.82. The molecule has 0 saturated carbocycles. The van der Waals surface area contributed by atoms with E-state index in [1.54, 1.807) is 5.56 Å². The summed E-state index contributed by atoms with van der Waals surface area (Å²) >= 11 is 0. The predicted octanol–water partition coefficient (Wildman–Crippen LogP) is -3.31. The van der Waals surface area contributed by atoms with Gasteiger partial charge in [-0.25, -0.2) is 0 Å². The standard InChI is InChI=1S/C25H29Si.3ClH.Ti/c1-15-12-16(2)14-22(13-15)26-25(23-11-9-8-10-17(23)3)24-20(6)18(4)19(5)21(24)7;;;;/h8-14,25H,1-7H3;3*1H;/q-1;;;;+4/p-3. The molecule has 0 aliphatic rings. The number of halogens is 3. The Labute approximate surface area is 218 Å². The molecule has 3 rings (SSSR count). The number of hydrogen-bond acceptors (Lipinski definition) is 0. The minimum absolute atomic E-state index is 0. The fraction of sp³-hybridized carbons (Fsp3) is 0.320. The van der Waals surface area contributed by atoms with Gasteiger partial charge in [0.25, 0.3) is 0 Å². The van der Waals surface area contributed by atoms with Crippen LogP contribution >= 0.6 is 0 Å². The Morgan fingerprint density at radius 1 is 0.700 bits per heavy atom. The van der Waals surface area contributed by atoms with Gasteiger partial charge < -0.3 is 37.2 Å². The first-order valence-electron chi connectivity index (χ1n) is 9.43. The zero-order chi connectivity index (χ0) is 19.0. The summed E-state index contributed by atoms with van der Waals surface area (Å²) in [5.74, 6) is 0. The normalized spacial score (nSPS) is 10.8. The van der Waals surface area contributed by atoms with Gasteiger partial charge in [-0.05, 0) is 31.9 Å². The summed E-state index contributed by atoms with van der Waals surface area (Å²) in [5.41, 5.74) is 13.4. The number of aryl methyl sites for hydroxylation is 3. The van der Waals surface area contributed by atoms with Gasteiger partial charge in [0, 0.05) is 0 Å². The van der Waals surface area contributed by atoms with Crippen molar-refractivity contribution < 1.29 is 58.9 Å². The molecule has 3 aromatic carbocycles. The van der Waals surface area contributed by atoms with Crippen LogP contribution in [0, 0.1) is 48.5 Å². The van der Waals surface area contributed by atoms with Gasteiger partial charge in [-0.2, -0.15) is 22.3 Å². The van der Waals surface area contributed by atoms with Gasteiger partial charge in [-0.1, -0.05) is 92.0 Å². The third-order valence-corrected chi connectivity index (χ3v) is 7.33. The number of rotatable bonds is 4. The minimum atomic E-state index is 0. The van der Waals surface area contributed by atoms with Crippen LogP contribution in [0.2, 0.25) is 0 Å². The van der Waals surface area contributed by atoms with E-state index in [9.17, 15) is 0 Å². The first kappa shape index (κ1) is 31.8. The fourth-order valence-electron chi connectivity index (χ4n) is 4.12. The van der Waals surface area contributed by atoms with Crippen LogP contribution in [0.4, 0.5) is 0 Å². The molecule has 0 saturated heterocycles. The van der Waals surface area contributed by atoms with E-state index < -0.39 is 0 Å². The zero-order valence-electron chi connectivity index (χ0n) is 18.8. The molecule has 5 heteroatoms. The van der Waals surface area contributed by atoms with Crippen molar-refractivity contribution in [3.63, 3.8) is 0 Å². The molecule has 3 aromatic rings. The molecule has 0 bridgehead atoms. The molecule has 0 spiro atoms. The summed E-state index contributed by atoms with van der Waals surface area (Å²) in [7, 11) is 0.742. The van der Waals surface area contributed by atoms with E-state index in [-0.39, 0.29) is 58.9 Å². The van der Waals surface area contributed by atoms with Crippen molar-refractivity contribution in [3.05, 3.63) is 92.5 Å². The van der Waals surface area contributed by atoms with Gasteiger partial charge in [0.2, 0.25) is 0 Å². The smallest absolute Gasteiger partial charge is 1.00 e. The van der Waals surface area contributed by atoms with Crippen molar-refractivity contribution in [2.24, 2.45) is 0 Å². The Bertz CT molecular complexity index is 918. The molecule has 2 radical (unpaired) electrons. The van der Waals surface area contributed by atoms with Gasteiger partial charge in [-0.15, -0.1) is 5.56 Å². The van der Waals surface area contributed by atoms with Crippen molar-refractivity contribution in [2.75, 3.05) is 0 Å². The van der Waals surface area contributed by atoms with Crippen molar-refractivity contribution in [1.29, 1.82) is 0 Å². The molecule has 0 aliphatic carbocycles. The molecule has 1 atom stereocenters. The summed E-state index contributed by atoms with van der Waals surface area (Å²) in [6.45, 7) is 15.8. The van der Waals surface area contributed by atoms with Gasteiger partial charge in [0.1, 0.15) is 0 Å². The molecular formula is C25H29Cl3SiTi. The molecular weight excluding hydrogens is 483 g/mol. The number of benzene rings is 2. The van der Waals surface area contributed by atoms with Gasteiger partial charge in [0.05, 0.1) is 9.52 Å². The monoisotopic (exact) mass is 510 g/mol. The molecule has 0 heterocycles. The predicted molar refractivity (Wildman–Crippen MR) is 115 cm³/mol. The van der Waals surface area contributed by atoms with Crippen LogP contribution < -0.4 is 42.4 Å². The van der Waals surface area contributed by atoms with Crippen LogP contribution in [0.3, 0.4) is 0 Å². The van der Waals surface area contributed by atoms with E-state index in [0.717, 1.165) is 9.52 Å². The summed E-state index contributed by atoms with van der Waals surface area (Å²) in [5, 5.41) is 1.46. The van der Waals surface area contributed by atoms with Gasteiger partial charge in [0.15, 0.2) is 0 Å². The van der Waals surface area contributed by atoms with E-state index in [2.05, 4.69) is 90.9 Å². The maximum absolute atomic E-state index is 2.37. The Morgan fingerprint density at radius 2 is 1.17 bits per heavy atom. The summed E-state index contributed by atoms with van der Waals surface area (Å²) < 4.78 is 0. The third kappa shape index (κ3) is 6.55. The van der Waals surface area contributed by atoms with Crippen LogP contribution in [0.15, 0.2) is 42.5 Å².